The fraction of sp³-hybridized carbons (Fsp3) is 0.395. The third-order valence-electron chi connectivity index (χ3n) is 11.0. The molecule has 20 nitrogen and oxygen atoms in total. The fourth-order valence-electron chi connectivity index (χ4n) is 7.42. The van der Waals surface area contributed by atoms with E-state index in [4.69, 9.17) is 14.2 Å². The standard InChI is InChI=1S/C43H46N10O10/c54-36-9-7-32(41(58)52-36)53-42(59)28-2-1-3-33(38(28)43(53)60)63-23-37(55)45-12-14-61-16-17-62-15-13-46-39(56)25-18-27(19-25)49-40(57)29-22-47-35(20-31(29)48-26-5-6-26)51-34-8-4-24-21-44-11-10-30(24)50-34/h1-4,8,10-11,20-22,25-27,32H,5-7,9,12-19,23H2,(H,45,55)(H,46,56)(H,49,57)(H,52,54,58)(H2,47,48,50,51). The van der Waals surface area contributed by atoms with Crippen LogP contribution >= 0.6 is 0 Å². The molecule has 2 aliphatic carbocycles. The monoisotopic (exact) mass is 862 g/mol. The van der Waals surface area contributed by atoms with Crippen molar-refractivity contribution in [3.63, 3.8) is 0 Å². The number of rotatable bonds is 20. The van der Waals surface area contributed by atoms with Crippen LogP contribution in [0.2, 0.25) is 0 Å². The van der Waals surface area contributed by atoms with Crippen LogP contribution in [-0.4, -0.2) is 125 Å². The van der Waals surface area contributed by atoms with Crippen molar-refractivity contribution in [1.82, 2.24) is 41.1 Å². The number of ether oxygens (including phenoxy) is 3. The maximum Gasteiger partial charge on any atom is 0.266 e. The molecule has 63 heavy (non-hydrogen) atoms. The minimum absolute atomic E-state index is 0.00185. The Kier molecular flexibility index (Phi) is 13.1. The van der Waals surface area contributed by atoms with Crippen molar-refractivity contribution in [3.8, 4) is 5.75 Å². The van der Waals surface area contributed by atoms with E-state index in [1.165, 1.54) is 18.2 Å². The van der Waals surface area contributed by atoms with Gasteiger partial charge in [-0.3, -0.25) is 48.8 Å². The molecule has 0 bridgehead atoms. The van der Waals surface area contributed by atoms with Crippen molar-refractivity contribution in [2.45, 2.75) is 56.7 Å². The van der Waals surface area contributed by atoms with Gasteiger partial charge in [0, 0.05) is 67.6 Å². The number of anilines is 3. The Balaban J connectivity index is 0.670. The summed E-state index contributed by atoms with van der Waals surface area (Å²) < 4.78 is 16.6. The number of benzene rings is 1. The maximum atomic E-state index is 13.3. The van der Waals surface area contributed by atoms with Gasteiger partial charge in [0.05, 0.1) is 54.3 Å². The Bertz CT molecular complexity index is 2440. The van der Waals surface area contributed by atoms with Crippen molar-refractivity contribution in [2.75, 3.05) is 56.8 Å². The summed E-state index contributed by atoms with van der Waals surface area (Å²) in [5.41, 5.74) is 1.92. The van der Waals surface area contributed by atoms with E-state index in [0.29, 0.717) is 48.3 Å². The normalized spacial score (nSPS) is 19.2. The van der Waals surface area contributed by atoms with Crippen LogP contribution in [-0.2, 0) is 28.7 Å². The summed E-state index contributed by atoms with van der Waals surface area (Å²) in [5.74, 6) is -2.45. The first-order valence-electron chi connectivity index (χ1n) is 20.8. The molecule has 2 saturated carbocycles. The Morgan fingerprint density at radius 1 is 0.841 bits per heavy atom. The quantitative estimate of drug-likeness (QED) is 0.0545. The molecule has 3 fully saturated rings. The van der Waals surface area contributed by atoms with Gasteiger partial charge in [0.2, 0.25) is 17.7 Å². The van der Waals surface area contributed by atoms with Gasteiger partial charge in [-0.25, -0.2) is 9.97 Å². The van der Waals surface area contributed by atoms with Crippen molar-refractivity contribution < 1.29 is 47.8 Å². The number of fused-ring (bicyclic) bond motifs is 2. The third-order valence-corrected chi connectivity index (χ3v) is 11.0. The van der Waals surface area contributed by atoms with Gasteiger partial charge in [-0.2, -0.15) is 0 Å². The number of pyridine rings is 3. The predicted molar refractivity (Wildman–Crippen MR) is 224 cm³/mol. The van der Waals surface area contributed by atoms with E-state index in [0.717, 1.165) is 28.6 Å². The number of hydrogen-bond donors (Lipinski definition) is 6. The maximum absolute atomic E-state index is 13.3. The number of carbonyl (C=O) groups is 7. The second-order valence-electron chi connectivity index (χ2n) is 15.5. The van der Waals surface area contributed by atoms with Crippen LogP contribution in [0, 0.1) is 5.92 Å². The highest BCUT2D eigenvalue weighted by Gasteiger charge is 2.46. The number of aromatic nitrogens is 3. The molecule has 0 spiro atoms. The minimum atomic E-state index is -1.12. The molecule has 5 heterocycles. The zero-order valence-corrected chi connectivity index (χ0v) is 34.1. The summed E-state index contributed by atoms with van der Waals surface area (Å²) in [4.78, 5) is 103. The first-order valence-corrected chi connectivity index (χ1v) is 20.8. The van der Waals surface area contributed by atoms with E-state index in [9.17, 15) is 33.6 Å². The molecule has 0 radical (unpaired) electrons. The average molecular weight is 863 g/mol. The molecule has 20 heteroatoms. The summed E-state index contributed by atoms with van der Waals surface area (Å²) in [6.45, 7) is 1.06. The van der Waals surface area contributed by atoms with E-state index in [-0.39, 0.29) is 86.5 Å². The number of nitrogens with zero attached hydrogens (tertiary/aromatic N) is 4. The first kappa shape index (κ1) is 42.6. The van der Waals surface area contributed by atoms with Gasteiger partial charge >= 0.3 is 0 Å². The molecule has 1 unspecified atom stereocenters. The zero-order chi connectivity index (χ0) is 43.9. The van der Waals surface area contributed by atoms with E-state index in [1.54, 1.807) is 18.6 Å². The highest BCUT2D eigenvalue weighted by atomic mass is 16.5. The lowest BCUT2D eigenvalue weighted by Gasteiger charge is -2.34. The molecule has 1 saturated heterocycles. The van der Waals surface area contributed by atoms with Crippen LogP contribution in [0.25, 0.3) is 10.9 Å². The van der Waals surface area contributed by atoms with Gasteiger partial charge in [-0.15, -0.1) is 0 Å². The average Bonchev–Trinajstić information content (AvgIpc) is 4.04. The highest BCUT2D eigenvalue weighted by Crippen LogP contribution is 2.34. The molecule has 4 aliphatic rings. The molecule has 7 amide bonds. The summed E-state index contributed by atoms with van der Waals surface area (Å²) >= 11 is 0. The molecule has 3 aromatic heterocycles. The number of piperidine rings is 1. The van der Waals surface area contributed by atoms with Crippen LogP contribution in [0.15, 0.2) is 61.1 Å². The van der Waals surface area contributed by atoms with Gasteiger partial charge in [-0.05, 0) is 62.4 Å². The topological polar surface area (TPSA) is 261 Å². The lowest BCUT2D eigenvalue weighted by molar-refractivity contribution is -0.136. The number of amides is 7. The molecule has 8 rings (SSSR count). The Labute approximate surface area is 360 Å². The predicted octanol–water partition coefficient (Wildman–Crippen LogP) is 1.60. The van der Waals surface area contributed by atoms with Gasteiger partial charge in [0.1, 0.15) is 23.4 Å². The van der Waals surface area contributed by atoms with Crippen molar-refractivity contribution in [2.24, 2.45) is 5.92 Å². The summed E-state index contributed by atoms with van der Waals surface area (Å²) in [7, 11) is 0. The molecule has 2 aliphatic heterocycles. The zero-order valence-electron chi connectivity index (χ0n) is 34.1. The summed E-state index contributed by atoms with van der Waals surface area (Å²) in [6, 6.07) is 10.9. The molecule has 1 aromatic carbocycles. The summed E-state index contributed by atoms with van der Waals surface area (Å²) in [6.07, 6.45) is 8.12. The number of imide groups is 2. The number of carbonyl (C=O) groups excluding carboxylic acids is 7. The SMILES string of the molecule is O=C(COc1cccc2c1C(=O)N(C1CCC(=O)NC1=O)C2=O)NCCOCCOCCNC(=O)C1CC(NC(=O)c2cnc(Nc3ccc4cnccc4n3)cc2NC2CC2)C1. The second kappa shape index (κ2) is 19.3. The lowest BCUT2D eigenvalue weighted by Crippen LogP contribution is -2.54. The van der Waals surface area contributed by atoms with Crippen molar-refractivity contribution in [1.29, 1.82) is 0 Å². The summed E-state index contributed by atoms with van der Waals surface area (Å²) in [5, 5.41) is 18.3. The Morgan fingerprint density at radius 2 is 1.63 bits per heavy atom. The molecular formula is C43H46N10O10. The second-order valence-corrected chi connectivity index (χ2v) is 15.5. The van der Waals surface area contributed by atoms with Crippen LogP contribution in [0.3, 0.4) is 0 Å². The van der Waals surface area contributed by atoms with Gasteiger partial charge in [-0.1, -0.05) is 6.07 Å². The van der Waals surface area contributed by atoms with E-state index in [1.807, 2.05) is 24.3 Å². The fourth-order valence-corrected chi connectivity index (χ4v) is 7.42. The van der Waals surface area contributed by atoms with Crippen LogP contribution < -0.4 is 36.6 Å². The molecule has 4 aromatic rings. The smallest absolute Gasteiger partial charge is 0.266 e. The van der Waals surface area contributed by atoms with Crippen molar-refractivity contribution in [3.05, 3.63) is 77.7 Å². The molecule has 6 N–H and O–H groups in total. The largest absolute Gasteiger partial charge is 0.483 e. The third kappa shape index (κ3) is 10.4. The van der Waals surface area contributed by atoms with Gasteiger partial charge < -0.3 is 40.8 Å². The number of nitrogens with one attached hydrogen (secondary N) is 6. The Morgan fingerprint density at radius 3 is 2.41 bits per heavy atom. The van der Waals surface area contributed by atoms with Crippen LogP contribution in [0.1, 0.15) is 69.6 Å². The minimum Gasteiger partial charge on any atom is -0.483 e. The molecular weight excluding hydrogens is 817 g/mol. The van der Waals surface area contributed by atoms with Crippen LogP contribution in [0.4, 0.5) is 17.3 Å². The van der Waals surface area contributed by atoms with Crippen molar-refractivity contribution >= 4 is 69.6 Å². The molecule has 328 valence electrons. The first-order chi connectivity index (χ1) is 30.6. The van der Waals surface area contributed by atoms with E-state index >= 15 is 0 Å². The highest BCUT2D eigenvalue weighted by molar-refractivity contribution is 6.24. The van der Waals surface area contributed by atoms with E-state index in [2.05, 4.69) is 46.9 Å². The van der Waals surface area contributed by atoms with Crippen LogP contribution in [0.5, 0.6) is 5.75 Å². The van der Waals surface area contributed by atoms with E-state index < -0.39 is 42.2 Å². The van der Waals surface area contributed by atoms with Gasteiger partial charge in [0.15, 0.2) is 6.61 Å². The molecule has 1 atom stereocenters. The lowest BCUT2D eigenvalue weighted by atomic mass is 9.79. The van der Waals surface area contributed by atoms with Gasteiger partial charge in [0.25, 0.3) is 23.6 Å². The Hall–Kier alpha value is -7.06. The number of hydrogen-bond acceptors (Lipinski definition) is 15.